The fourth-order valence-electron chi connectivity index (χ4n) is 3.74. The molecule has 0 radical (unpaired) electrons. The summed E-state index contributed by atoms with van der Waals surface area (Å²) < 4.78 is 34.5. The van der Waals surface area contributed by atoms with Crippen LogP contribution in [0, 0.1) is 5.41 Å². The van der Waals surface area contributed by atoms with Crippen LogP contribution in [0.5, 0.6) is 5.75 Å². The molecule has 2 aromatic carbocycles. The number of fused-ring (bicyclic) bond motifs is 1. The smallest absolute Gasteiger partial charge is 0.326 e. The Morgan fingerprint density at radius 2 is 2.00 bits per heavy atom. The molecule has 5 N–H and O–H groups in total. The molecule has 1 saturated heterocycles. The monoisotopic (exact) mass is 455 g/mol. The predicted octanol–water partition coefficient (Wildman–Crippen LogP) is 1.61. The minimum absolute atomic E-state index is 0.0222. The number of carbonyl (C=O) groups is 1. The van der Waals surface area contributed by atoms with E-state index in [4.69, 9.17) is 15.9 Å². The number of nitrogen functional groups attached to an aromatic ring is 1. The second kappa shape index (κ2) is 9.01. The van der Waals surface area contributed by atoms with Crippen molar-refractivity contribution in [1.82, 2.24) is 10.0 Å². The van der Waals surface area contributed by atoms with Crippen LogP contribution in [0.25, 0.3) is 6.08 Å². The van der Waals surface area contributed by atoms with Crippen LogP contribution in [0.1, 0.15) is 34.3 Å². The van der Waals surface area contributed by atoms with E-state index < -0.39 is 16.1 Å². The first-order chi connectivity index (χ1) is 15.3. The van der Waals surface area contributed by atoms with E-state index in [2.05, 4.69) is 10.0 Å². The van der Waals surface area contributed by atoms with Crippen molar-refractivity contribution in [3.8, 4) is 5.75 Å². The van der Waals surface area contributed by atoms with Gasteiger partial charge < -0.3 is 15.8 Å². The fourth-order valence-corrected chi connectivity index (χ4v) is 4.90. The standard InChI is InChI=1S/C22H25N5O4S/c23-21(24)16-5-1-3-15(13-16)4-2-12-27-20-7-6-18(31-17-8-10-25-11-9-17)14-19(20)22(28)26-32(27,29)30/h1-7,13-14,17,25H,8-12H2,(H3,23,24)(H,26,28)/b4-2-. The van der Waals surface area contributed by atoms with Gasteiger partial charge in [0.1, 0.15) is 17.7 Å². The van der Waals surface area contributed by atoms with Gasteiger partial charge in [0.15, 0.2) is 0 Å². The van der Waals surface area contributed by atoms with E-state index in [9.17, 15) is 13.2 Å². The molecule has 0 bridgehead atoms. The third kappa shape index (κ3) is 4.76. The summed E-state index contributed by atoms with van der Waals surface area (Å²) in [6, 6.07) is 12.0. The number of carbonyl (C=O) groups excluding carboxylic acids is 1. The van der Waals surface area contributed by atoms with Gasteiger partial charge in [-0.3, -0.25) is 10.2 Å². The van der Waals surface area contributed by atoms with Crippen molar-refractivity contribution in [3.05, 3.63) is 65.2 Å². The number of anilines is 1. The summed E-state index contributed by atoms with van der Waals surface area (Å²) in [5.74, 6) is -0.176. The lowest BCUT2D eigenvalue weighted by Crippen LogP contribution is -2.48. The Kier molecular flexibility index (Phi) is 6.15. The first-order valence-electron chi connectivity index (χ1n) is 10.3. The molecule has 2 aliphatic heterocycles. The highest BCUT2D eigenvalue weighted by Crippen LogP contribution is 2.31. The molecule has 10 heteroatoms. The van der Waals surface area contributed by atoms with Gasteiger partial charge in [-0.1, -0.05) is 30.4 Å². The van der Waals surface area contributed by atoms with Gasteiger partial charge in [-0.05, 0) is 55.8 Å². The molecule has 2 heterocycles. The number of hydrogen-bond donors (Lipinski definition) is 4. The van der Waals surface area contributed by atoms with E-state index in [0.29, 0.717) is 17.0 Å². The Balaban J connectivity index is 1.56. The molecule has 0 unspecified atom stereocenters. The Labute approximate surface area is 186 Å². The lowest BCUT2D eigenvalue weighted by atomic mass is 10.1. The van der Waals surface area contributed by atoms with Gasteiger partial charge in [0.25, 0.3) is 5.91 Å². The highest BCUT2D eigenvalue weighted by molar-refractivity contribution is 7.91. The molecule has 4 rings (SSSR count). The summed E-state index contributed by atoms with van der Waals surface area (Å²) in [5.41, 5.74) is 7.43. The number of amides is 1. The predicted molar refractivity (Wildman–Crippen MR) is 123 cm³/mol. The normalized spacial score (nSPS) is 18.2. The number of rotatable bonds is 6. The first kappa shape index (κ1) is 21.8. The van der Waals surface area contributed by atoms with E-state index in [1.165, 1.54) is 0 Å². The van der Waals surface area contributed by atoms with Gasteiger partial charge >= 0.3 is 10.2 Å². The molecule has 1 amide bonds. The first-order valence-corrected chi connectivity index (χ1v) is 11.7. The number of piperidine rings is 1. The van der Waals surface area contributed by atoms with E-state index in [1.54, 1.807) is 48.6 Å². The van der Waals surface area contributed by atoms with E-state index in [-0.39, 0.29) is 24.0 Å². The maximum absolute atomic E-state index is 12.6. The minimum atomic E-state index is -4.02. The molecular formula is C22H25N5O4S. The molecule has 2 aromatic rings. The summed E-state index contributed by atoms with van der Waals surface area (Å²) in [7, 11) is -4.02. The summed E-state index contributed by atoms with van der Waals surface area (Å²) in [4.78, 5) is 12.5. The third-order valence-corrected chi connectivity index (χ3v) is 6.73. The average molecular weight is 456 g/mol. The molecule has 1 fully saturated rings. The van der Waals surface area contributed by atoms with Crippen molar-refractivity contribution in [2.75, 3.05) is 23.9 Å². The molecule has 168 valence electrons. The van der Waals surface area contributed by atoms with Gasteiger partial charge in [-0.25, -0.2) is 9.03 Å². The van der Waals surface area contributed by atoms with E-state index in [1.807, 2.05) is 6.07 Å². The largest absolute Gasteiger partial charge is 0.490 e. The Morgan fingerprint density at radius 1 is 1.22 bits per heavy atom. The topological polar surface area (TPSA) is 138 Å². The van der Waals surface area contributed by atoms with E-state index >= 15 is 0 Å². The molecular weight excluding hydrogens is 430 g/mol. The SMILES string of the molecule is N=C(N)c1cccc(/C=C\CN2c3ccc(OC4CCNCC4)cc3C(=O)NS2(=O)=O)c1. The van der Waals surface area contributed by atoms with Crippen molar-refractivity contribution >= 4 is 33.7 Å². The second-order valence-electron chi connectivity index (χ2n) is 7.65. The van der Waals surface area contributed by atoms with Crippen LogP contribution in [0.15, 0.2) is 48.5 Å². The number of hydrogen-bond acceptors (Lipinski definition) is 6. The van der Waals surface area contributed by atoms with Crippen LogP contribution in [0.2, 0.25) is 0 Å². The van der Waals surface area contributed by atoms with Crippen molar-refractivity contribution in [2.24, 2.45) is 5.73 Å². The van der Waals surface area contributed by atoms with Crippen molar-refractivity contribution < 1.29 is 17.9 Å². The van der Waals surface area contributed by atoms with Gasteiger partial charge in [-0.2, -0.15) is 8.42 Å². The molecule has 0 spiro atoms. The highest BCUT2D eigenvalue weighted by atomic mass is 32.2. The van der Waals surface area contributed by atoms with Gasteiger partial charge in [0, 0.05) is 5.56 Å². The van der Waals surface area contributed by atoms with Crippen LogP contribution >= 0.6 is 0 Å². The number of nitrogens with one attached hydrogen (secondary N) is 3. The van der Waals surface area contributed by atoms with Crippen LogP contribution < -0.4 is 24.8 Å². The van der Waals surface area contributed by atoms with Crippen LogP contribution in [-0.4, -0.2) is 45.9 Å². The Morgan fingerprint density at radius 3 is 2.75 bits per heavy atom. The van der Waals surface area contributed by atoms with Crippen LogP contribution in [0.4, 0.5) is 5.69 Å². The molecule has 0 aliphatic carbocycles. The zero-order valence-electron chi connectivity index (χ0n) is 17.4. The minimum Gasteiger partial charge on any atom is -0.490 e. The maximum Gasteiger partial charge on any atom is 0.326 e. The van der Waals surface area contributed by atoms with Gasteiger partial charge in [0.05, 0.1) is 17.8 Å². The number of amidine groups is 1. The maximum atomic E-state index is 12.6. The van der Waals surface area contributed by atoms with Crippen molar-refractivity contribution in [1.29, 1.82) is 5.41 Å². The zero-order valence-corrected chi connectivity index (χ0v) is 18.2. The van der Waals surface area contributed by atoms with Crippen molar-refractivity contribution in [2.45, 2.75) is 18.9 Å². The summed E-state index contributed by atoms with van der Waals surface area (Å²) >= 11 is 0. The lowest BCUT2D eigenvalue weighted by Gasteiger charge is -2.30. The second-order valence-corrected chi connectivity index (χ2v) is 9.25. The fraction of sp³-hybridized carbons (Fsp3) is 0.273. The van der Waals surface area contributed by atoms with Gasteiger partial charge in [0.2, 0.25) is 0 Å². The number of nitrogens with two attached hydrogens (primary N) is 1. The Hall–Kier alpha value is -3.37. The Bertz CT molecular complexity index is 1170. The van der Waals surface area contributed by atoms with E-state index in [0.717, 1.165) is 35.8 Å². The summed E-state index contributed by atoms with van der Waals surface area (Å²) in [5, 5.41) is 10.8. The number of nitrogens with zero attached hydrogens (tertiary/aromatic N) is 1. The third-order valence-electron chi connectivity index (χ3n) is 5.36. The van der Waals surface area contributed by atoms with Crippen LogP contribution in [0.3, 0.4) is 0 Å². The van der Waals surface area contributed by atoms with Crippen molar-refractivity contribution in [3.63, 3.8) is 0 Å². The molecule has 0 saturated carbocycles. The number of benzene rings is 2. The quantitative estimate of drug-likeness (QED) is 0.386. The van der Waals surface area contributed by atoms with Gasteiger partial charge in [-0.15, -0.1) is 0 Å². The molecule has 2 aliphatic rings. The molecule has 0 atom stereocenters. The van der Waals surface area contributed by atoms with Crippen LogP contribution in [-0.2, 0) is 10.2 Å². The summed E-state index contributed by atoms with van der Waals surface area (Å²) in [6.07, 6.45) is 5.23. The average Bonchev–Trinajstić information content (AvgIpc) is 2.77. The highest BCUT2D eigenvalue weighted by Gasteiger charge is 2.34. The lowest BCUT2D eigenvalue weighted by molar-refractivity contribution is 0.0978. The molecule has 32 heavy (non-hydrogen) atoms. The molecule has 9 nitrogen and oxygen atoms in total. The number of ether oxygens (including phenoxy) is 1. The summed E-state index contributed by atoms with van der Waals surface area (Å²) in [6.45, 7) is 1.78. The zero-order chi connectivity index (χ0) is 22.7. The molecule has 0 aromatic heterocycles.